The third-order valence-electron chi connectivity index (χ3n) is 5.00. The summed E-state index contributed by atoms with van der Waals surface area (Å²) in [6.45, 7) is 4.54. The van der Waals surface area contributed by atoms with E-state index >= 15 is 0 Å². The van der Waals surface area contributed by atoms with Crippen LogP contribution >= 0.6 is 0 Å². The van der Waals surface area contributed by atoms with E-state index in [1.54, 1.807) is 4.40 Å². The molecule has 1 fully saturated rings. The molecule has 6 heteroatoms. The molecule has 0 aliphatic carbocycles. The predicted molar refractivity (Wildman–Crippen MR) is 105 cm³/mol. The Labute approximate surface area is 157 Å². The molecule has 138 valence electrons. The predicted octanol–water partition coefficient (Wildman–Crippen LogP) is 3.72. The van der Waals surface area contributed by atoms with Crippen LogP contribution < -0.4 is 10.2 Å². The first kappa shape index (κ1) is 17.3. The van der Waals surface area contributed by atoms with E-state index in [-0.39, 0.29) is 11.8 Å². The summed E-state index contributed by atoms with van der Waals surface area (Å²) in [6.07, 6.45) is 4.36. The average Bonchev–Trinajstić information content (AvgIpc) is 2.99. The molecular weight excluding hydrogens is 340 g/mol. The van der Waals surface area contributed by atoms with E-state index in [2.05, 4.69) is 10.3 Å². The minimum Gasteiger partial charge on any atom is -0.321 e. The first-order valence-corrected chi connectivity index (χ1v) is 9.20. The monoisotopic (exact) mass is 362 g/mol. The quantitative estimate of drug-likeness (QED) is 0.772. The fourth-order valence-electron chi connectivity index (χ4n) is 3.62. The SMILES string of the molecule is Cc1ccc(NC(=O)c2c(C)nc3ccccn23)cc1N1CCCCC1=O. The van der Waals surface area contributed by atoms with Gasteiger partial charge in [0, 0.05) is 30.5 Å². The van der Waals surface area contributed by atoms with Crippen LogP contribution in [0.2, 0.25) is 0 Å². The number of carbonyl (C=O) groups is 2. The molecule has 1 saturated heterocycles. The van der Waals surface area contributed by atoms with E-state index in [4.69, 9.17) is 0 Å². The highest BCUT2D eigenvalue weighted by atomic mass is 16.2. The molecular formula is C21H22N4O2. The maximum absolute atomic E-state index is 12.9. The molecule has 0 bridgehead atoms. The van der Waals surface area contributed by atoms with Gasteiger partial charge in [0.15, 0.2) is 0 Å². The number of fused-ring (bicyclic) bond motifs is 1. The van der Waals surface area contributed by atoms with E-state index in [0.29, 0.717) is 23.5 Å². The summed E-state index contributed by atoms with van der Waals surface area (Å²) in [6, 6.07) is 11.3. The molecule has 0 atom stereocenters. The van der Waals surface area contributed by atoms with Gasteiger partial charge < -0.3 is 10.2 Å². The summed E-state index contributed by atoms with van der Waals surface area (Å²) < 4.78 is 1.79. The van der Waals surface area contributed by atoms with Crippen molar-refractivity contribution in [3.05, 3.63) is 59.5 Å². The highest BCUT2D eigenvalue weighted by molar-refractivity contribution is 6.05. The summed E-state index contributed by atoms with van der Waals surface area (Å²) in [5.41, 5.74) is 4.49. The molecule has 2 aromatic heterocycles. The number of anilines is 2. The van der Waals surface area contributed by atoms with Crippen molar-refractivity contribution in [2.24, 2.45) is 0 Å². The Kier molecular flexibility index (Phi) is 4.39. The number of aryl methyl sites for hydroxylation is 2. The van der Waals surface area contributed by atoms with Gasteiger partial charge in [0.1, 0.15) is 11.3 Å². The molecule has 3 aromatic rings. The van der Waals surface area contributed by atoms with Crippen molar-refractivity contribution >= 4 is 28.8 Å². The lowest BCUT2D eigenvalue weighted by Crippen LogP contribution is -2.35. The maximum atomic E-state index is 12.9. The zero-order valence-electron chi connectivity index (χ0n) is 15.5. The molecule has 1 aliphatic rings. The number of nitrogens with one attached hydrogen (secondary N) is 1. The Hall–Kier alpha value is -3.15. The van der Waals surface area contributed by atoms with Crippen molar-refractivity contribution in [2.75, 3.05) is 16.8 Å². The Bertz CT molecular complexity index is 1040. The van der Waals surface area contributed by atoms with Crippen LogP contribution in [0.4, 0.5) is 11.4 Å². The van der Waals surface area contributed by atoms with Gasteiger partial charge in [-0.3, -0.25) is 14.0 Å². The average molecular weight is 362 g/mol. The molecule has 3 heterocycles. The first-order chi connectivity index (χ1) is 13.0. The topological polar surface area (TPSA) is 66.7 Å². The molecule has 6 nitrogen and oxygen atoms in total. The lowest BCUT2D eigenvalue weighted by molar-refractivity contribution is -0.119. The van der Waals surface area contributed by atoms with Gasteiger partial charge in [0.25, 0.3) is 5.91 Å². The van der Waals surface area contributed by atoms with E-state index in [9.17, 15) is 9.59 Å². The number of hydrogen-bond donors (Lipinski definition) is 1. The highest BCUT2D eigenvalue weighted by Gasteiger charge is 2.22. The number of hydrogen-bond acceptors (Lipinski definition) is 3. The van der Waals surface area contributed by atoms with Gasteiger partial charge in [-0.1, -0.05) is 12.1 Å². The van der Waals surface area contributed by atoms with Crippen molar-refractivity contribution in [1.29, 1.82) is 0 Å². The molecule has 27 heavy (non-hydrogen) atoms. The molecule has 0 radical (unpaired) electrons. The van der Waals surface area contributed by atoms with Gasteiger partial charge in [-0.2, -0.15) is 0 Å². The normalized spacial score (nSPS) is 14.6. The second-order valence-electron chi connectivity index (χ2n) is 6.93. The van der Waals surface area contributed by atoms with E-state index < -0.39 is 0 Å². The van der Waals surface area contributed by atoms with Gasteiger partial charge >= 0.3 is 0 Å². The van der Waals surface area contributed by atoms with Crippen LogP contribution in [0.3, 0.4) is 0 Å². The second kappa shape index (κ2) is 6.87. The number of piperidine rings is 1. The van der Waals surface area contributed by atoms with E-state index in [1.165, 1.54) is 0 Å². The minimum absolute atomic E-state index is 0.144. The number of nitrogens with zero attached hydrogens (tertiary/aromatic N) is 3. The van der Waals surface area contributed by atoms with Gasteiger partial charge in [0.05, 0.1) is 5.69 Å². The molecule has 1 aliphatic heterocycles. The standard InChI is InChI=1S/C21H22N4O2/c1-14-9-10-16(13-17(14)24-11-6-4-8-19(24)26)23-21(27)20-15(2)22-18-7-3-5-12-25(18)20/h3,5,7,9-10,12-13H,4,6,8,11H2,1-2H3,(H,23,27). The summed E-state index contributed by atoms with van der Waals surface area (Å²) in [5, 5.41) is 2.96. The van der Waals surface area contributed by atoms with Gasteiger partial charge in [-0.15, -0.1) is 0 Å². The second-order valence-corrected chi connectivity index (χ2v) is 6.93. The molecule has 1 N–H and O–H groups in total. The summed E-state index contributed by atoms with van der Waals surface area (Å²) in [7, 11) is 0. The molecule has 2 amide bonds. The van der Waals surface area contributed by atoms with Crippen molar-refractivity contribution in [2.45, 2.75) is 33.1 Å². The number of imidazole rings is 1. The van der Waals surface area contributed by atoms with Crippen molar-refractivity contribution < 1.29 is 9.59 Å². The van der Waals surface area contributed by atoms with Crippen LogP contribution in [0.1, 0.15) is 41.0 Å². The number of pyridine rings is 1. The van der Waals surface area contributed by atoms with Crippen LogP contribution in [0.25, 0.3) is 5.65 Å². The lowest BCUT2D eigenvalue weighted by atomic mass is 10.1. The summed E-state index contributed by atoms with van der Waals surface area (Å²) >= 11 is 0. The number of amides is 2. The van der Waals surface area contributed by atoms with Crippen molar-refractivity contribution in [3.63, 3.8) is 0 Å². The Balaban J connectivity index is 1.64. The van der Waals surface area contributed by atoms with Crippen molar-refractivity contribution in [1.82, 2.24) is 9.38 Å². The first-order valence-electron chi connectivity index (χ1n) is 9.20. The maximum Gasteiger partial charge on any atom is 0.274 e. The van der Waals surface area contributed by atoms with Crippen LogP contribution in [0.15, 0.2) is 42.6 Å². The Morgan fingerprint density at radius 2 is 2.00 bits per heavy atom. The Morgan fingerprint density at radius 3 is 2.81 bits per heavy atom. The van der Waals surface area contributed by atoms with Crippen LogP contribution in [0.5, 0.6) is 0 Å². The minimum atomic E-state index is -0.217. The smallest absolute Gasteiger partial charge is 0.274 e. The highest BCUT2D eigenvalue weighted by Crippen LogP contribution is 2.28. The van der Waals surface area contributed by atoms with Crippen molar-refractivity contribution in [3.8, 4) is 0 Å². The molecule has 4 rings (SSSR count). The van der Waals surface area contributed by atoms with E-state index in [1.807, 2.05) is 61.3 Å². The third kappa shape index (κ3) is 3.18. The summed E-state index contributed by atoms with van der Waals surface area (Å²) in [4.78, 5) is 31.4. The largest absolute Gasteiger partial charge is 0.321 e. The van der Waals surface area contributed by atoms with Gasteiger partial charge in [-0.05, 0) is 56.5 Å². The molecule has 0 saturated carbocycles. The van der Waals surface area contributed by atoms with E-state index in [0.717, 1.165) is 36.3 Å². The van der Waals surface area contributed by atoms with Crippen LogP contribution in [0, 0.1) is 13.8 Å². The van der Waals surface area contributed by atoms with Crippen LogP contribution in [-0.4, -0.2) is 27.7 Å². The van der Waals surface area contributed by atoms with Gasteiger partial charge in [0.2, 0.25) is 5.91 Å². The molecule has 0 spiro atoms. The molecule has 1 aromatic carbocycles. The fourth-order valence-corrected chi connectivity index (χ4v) is 3.62. The van der Waals surface area contributed by atoms with Gasteiger partial charge in [-0.25, -0.2) is 4.98 Å². The number of carbonyl (C=O) groups excluding carboxylic acids is 2. The lowest BCUT2D eigenvalue weighted by Gasteiger charge is -2.28. The zero-order valence-corrected chi connectivity index (χ0v) is 15.5. The molecule has 0 unspecified atom stereocenters. The fraction of sp³-hybridized carbons (Fsp3) is 0.286. The Morgan fingerprint density at radius 1 is 1.15 bits per heavy atom. The summed E-state index contributed by atoms with van der Waals surface area (Å²) in [5.74, 6) is -0.0728. The third-order valence-corrected chi connectivity index (χ3v) is 5.00. The number of benzene rings is 1. The zero-order chi connectivity index (χ0) is 19.0. The number of aromatic nitrogens is 2. The number of rotatable bonds is 3. The van der Waals surface area contributed by atoms with Crippen LogP contribution in [-0.2, 0) is 4.79 Å².